The van der Waals surface area contributed by atoms with Crippen molar-refractivity contribution in [3.63, 3.8) is 0 Å². The highest BCUT2D eigenvalue weighted by molar-refractivity contribution is 5.36. The zero-order chi connectivity index (χ0) is 13.5. The predicted molar refractivity (Wildman–Crippen MR) is 81.9 cm³/mol. The Balaban J connectivity index is 1.86. The van der Waals surface area contributed by atoms with E-state index in [1.54, 1.807) is 11.1 Å². The Morgan fingerprint density at radius 3 is 2.68 bits per heavy atom. The van der Waals surface area contributed by atoms with Gasteiger partial charge in [-0.05, 0) is 42.4 Å². The smallest absolute Gasteiger partial charge is 0.0460 e. The van der Waals surface area contributed by atoms with Crippen LogP contribution >= 0.6 is 0 Å². The molecule has 106 valence electrons. The summed E-state index contributed by atoms with van der Waals surface area (Å²) >= 11 is 0. The lowest BCUT2D eigenvalue weighted by Gasteiger charge is -2.17. The summed E-state index contributed by atoms with van der Waals surface area (Å²) in [5, 5.41) is 0. The molecular weight excluding hydrogens is 232 g/mol. The van der Waals surface area contributed by atoms with Crippen LogP contribution in [0.5, 0.6) is 0 Å². The number of aryl methyl sites for hydroxylation is 2. The van der Waals surface area contributed by atoms with E-state index >= 15 is 0 Å². The highest BCUT2D eigenvalue weighted by atomic mass is 15.2. The molecule has 1 aliphatic carbocycles. The van der Waals surface area contributed by atoms with Gasteiger partial charge < -0.3 is 0 Å². The molecule has 0 radical (unpaired) electrons. The van der Waals surface area contributed by atoms with Crippen molar-refractivity contribution in [3.05, 3.63) is 34.9 Å². The maximum absolute atomic E-state index is 5.74. The van der Waals surface area contributed by atoms with Crippen LogP contribution < -0.4 is 11.3 Å². The first-order valence-electron chi connectivity index (χ1n) is 7.93. The summed E-state index contributed by atoms with van der Waals surface area (Å²) in [4.78, 5) is 0. The van der Waals surface area contributed by atoms with Gasteiger partial charge in [0.05, 0.1) is 0 Å². The number of nitrogens with one attached hydrogen (secondary N) is 1. The topological polar surface area (TPSA) is 38.0 Å². The number of benzene rings is 1. The summed E-state index contributed by atoms with van der Waals surface area (Å²) in [6, 6.07) is 7.27. The molecule has 0 saturated heterocycles. The van der Waals surface area contributed by atoms with Gasteiger partial charge in [-0.25, -0.2) is 0 Å². The molecule has 0 fully saturated rings. The van der Waals surface area contributed by atoms with Crippen molar-refractivity contribution < 1.29 is 0 Å². The van der Waals surface area contributed by atoms with Crippen LogP contribution in [0.15, 0.2) is 18.2 Å². The minimum absolute atomic E-state index is 0.326. The molecule has 2 nitrogen and oxygen atoms in total. The van der Waals surface area contributed by atoms with Gasteiger partial charge in [-0.15, -0.1) is 0 Å². The summed E-state index contributed by atoms with van der Waals surface area (Å²) in [6.07, 6.45) is 11.6. The lowest BCUT2D eigenvalue weighted by Crippen LogP contribution is -2.28. The number of hydrogen-bond acceptors (Lipinski definition) is 2. The molecular formula is C17H28N2. The van der Waals surface area contributed by atoms with Gasteiger partial charge in [0.25, 0.3) is 0 Å². The second-order valence-electron chi connectivity index (χ2n) is 5.80. The van der Waals surface area contributed by atoms with E-state index in [-0.39, 0.29) is 0 Å². The largest absolute Gasteiger partial charge is 0.271 e. The molecule has 0 bridgehead atoms. The molecule has 0 aromatic heterocycles. The Kier molecular flexibility index (Phi) is 5.87. The van der Waals surface area contributed by atoms with Crippen LogP contribution in [0.25, 0.3) is 0 Å². The molecule has 0 heterocycles. The normalized spacial score (nSPS) is 15.5. The van der Waals surface area contributed by atoms with E-state index in [0.29, 0.717) is 6.04 Å². The minimum Gasteiger partial charge on any atom is -0.271 e. The van der Waals surface area contributed by atoms with Crippen LogP contribution in [0.3, 0.4) is 0 Å². The molecule has 2 rings (SSSR count). The van der Waals surface area contributed by atoms with Crippen LogP contribution in [0.2, 0.25) is 0 Å². The Morgan fingerprint density at radius 2 is 1.89 bits per heavy atom. The molecule has 19 heavy (non-hydrogen) atoms. The van der Waals surface area contributed by atoms with E-state index in [9.17, 15) is 0 Å². The van der Waals surface area contributed by atoms with Gasteiger partial charge in [0.15, 0.2) is 0 Å². The Morgan fingerprint density at radius 1 is 1.11 bits per heavy atom. The fourth-order valence-corrected chi connectivity index (χ4v) is 3.11. The first kappa shape index (κ1) is 14.5. The first-order valence-corrected chi connectivity index (χ1v) is 7.93. The monoisotopic (exact) mass is 260 g/mol. The van der Waals surface area contributed by atoms with Gasteiger partial charge in [0, 0.05) is 6.04 Å². The summed E-state index contributed by atoms with van der Waals surface area (Å²) in [5.74, 6) is 5.74. The first-order chi connectivity index (χ1) is 9.35. The van der Waals surface area contributed by atoms with Crippen molar-refractivity contribution in [2.45, 2.75) is 70.8 Å². The van der Waals surface area contributed by atoms with Crippen molar-refractivity contribution in [1.82, 2.24) is 5.43 Å². The average Bonchev–Trinajstić information content (AvgIpc) is 2.90. The SMILES string of the molecule is CCCCCCCC(NN)c1ccc2c(c1)CCC2. The van der Waals surface area contributed by atoms with Gasteiger partial charge >= 0.3 is 0 Å². The van der Waals surface area contributed by atoms with E-state index in [1.165, 1.54) is 56.9 Å². The summed E-state index contributed by atoms with van der Waals surface area (Å²) in [7, 11) is 0. The second kappa shape index (κ2) is 7.66. The highest BCUT2D eigenvalue weighted by Gasteiger charge is 2.15. The van der Waals surface area contributed by atoms with Gasteiger partial charge in [-0.3, -0.25) is 11.3 Å². The Hall–Kier alpha value is -0.860. The third kappa shape index (κ3) is 4.05. The van der Waals surface area contributed by atoms with E-state index in [1.807, 2.05) is 0 Å². The van der Waals surface area contributed by atoms with Crippen LogP contribution in [0, 0.1) is 0 Å². The van der Waals surface area contributed by atoms with Crippen LogP contribution in [-0.2, 0) is 12.8 Å². The van der Waals surface area contributed by atoms with Crippen LogP contribution in [0.1, 0.15) is 74.6 Å². The minimum atomic E-state index is 0.326. The molecule has 0 spiro atoms. The predicted octanol–water partition coefficient (Wildman–Crippen LogP) is 4.04. The summed E-state index contributed by atoms with van der Waals surface area (Å²) in [5.41, 5.74) is 7.46. The number of hydrazine groups is 1. The number of unbranched alkanes of at least 4 members (excludes halogenated alkanes) is 4. The molecule has 1 aromatic carbocycles. The van der Waals surface area contributed by atoms with Gasteiger partial charge in [-0.1, -0.05) is 57.2 Å². The standard InChI is InChI=1S/C17H28N2/c1-2-3-4-5-6-10-17(19-18)16-12-11-14-8-7-9-15(14)13-16/h11-13,17,19H,2-10,18H2,1H3. The second-order valence-corrected chi connectivity index (χ2v) is 5.80. The van der Waals surface area contributed by atoms with Gasteiger partial charge in [0.1, 0.15) is 0 Å². The van der Waals surface area contributed by atoms with Crippen molar-refractivity contribution >= 4 is 0 Å². The Bertz CT molecular complexity index is 387. The lowest BCUT2D eigenvalue weighted by atomic mass is 9.97. The molecule has 1 aromatic rings. The molecule has 2 heteroatoms. The van der Waals surface area contributed by atoms with Crippen LogP contribution in [-0.4, -0.2) is 0 Å². The summed E-state index contributed by atoms with van der Waals surface area (Å²) in [6.45, 7) is 2.26. The maximum Gasteiger partial charge on any atom is 0.0460 e. The molecule has 3 N–H and O–H groups in total. The number of rotatable bonds is 8. The number of nitrogens with two attached hydrogens (primary N) is 1. The zero-order valence-corrected chi connectivity index (χ0v) is 12.3. The van der Waals surface area contributed by atoms with Crippen LogP contribution in [0.4, 0.5) is 0 Å². The van der Waals surface area contributed by atoms with Crippen molar-refractivity contribution in [2.24, 2.45) is 5.84 Å². The number of hydrogen-bond donors (Lipinski definition) is 2. The Labute approximate surface area is 117 Å². The van der Waals surface area contributed by atoms with Crippen molar-refractivity contribution in [2.75, 3.05) is 0 Å². The molecule has 1 atom stereocenters. The number of fused-ring (bicyclic) bond motifs is 1. The third-order valence-corrected chi connectivity index (χ3v) is 4.32. The highest BCUT2D eigenvalue weighted by Crippen LogP contribution is 2.27. The average molecular weight is 260 g/mol. The molecule has 0 saturated carbocycles. The zero-order valence-electron chi connectivity index (χ0n) is 12.3. The fraction of sp³-hybridized carbons (Fsp3) is 0.647. The van der Waals surface area contributed by atoms with Crippen molar-refractivity contribution in [1.29, 1.82) is 0 Å². The van der Waals surface area contributed by atoms with E-state index < -0.39 is 0 Å². The molecule has 1 aliphatic rings. The van der Waals surface area contributed by atoms with Gasteiger partial charge in [-0.2, -0.15) is 0 Å². The summed E-state index contributed by atoms with van der Waals surface area (Å²) < 4.78 is 0. The van der Waals surface area contributed by atoms with Crippen molar-refractivity contribution in [3.8, 4) is 0 Å². The van der Waals surface area contributed by atoms with E-state index in [4.69, 9.17) is 5.84 Å². The lowest BCUT2D eigenvalue weighted by molar-refractivity contribution is 0.478. The third-order valence-electron chi connectivity index (χ3n) is 4.32. The van der Waals surface area contributed by atoms with E-state index in [0.717, 1.165) is 6.42 Å². The fourth-order valence-electron chi connectivity index (χ4n) is 3.11. The van der Waals surface area contributed by atoms with Gasteiger partial charge in [0.2, 0.25) is 0 Å². The molecule has 0 amide bonds. The molecule has 0 aliphatic heterocycles. The molecule has 1 unspecified atom stereocenters. The van der Waals surface area contributed by atoms with E-state index in [2.05, 4.69) is 30.5 Å². The maximum atomic E-state index is 5.74. The quantitative estimate of drug-likeness (QED) is 0.420.